The second kappa shape index (κ2) is 18.5. The quantitative estimate of drug-likeness (QED) is 0.0967. The average Bonchev–Trinajstić information content (AvgIpc) is 3.46. The van der Waals surface area contributed by atoms with Crippen molar-refractivity contribution < 1.29 is 23.2 Å². The van der Waals surface area contributed by atoms with E-state index in [1.54, 1.807) is 19.3 Å². The van der Waals surface area contributed by atoms with Gasteiger partial charge in [0, 0.05) is 76.4 Å². The number of amides is 3. The predicted molar refractivity (Wildman–Crippen MR) is 219 cm³/mol. The van der Waals surface area contributed by atoms with Crippen LogP contribution in [0, 0.1) is 17.8 Å². The van der Waals surface area contributed by atoms with Gasteiger partial charge in [-0.3, -0.25) is 38.7 Å². The molecular weight excluding hydrogens is 761 g/mol. The first-order valence-electron chi connectivity index (χ1n) is 20.4. The van der Waals surface area contributed by atoms with Gasteiger partial charge in [-0.2, -0.15) is 0 Å². The molecule has 4 fully saturated rings. The van der Waals surface area contributed by atoms with Gasteiger partial charge >= 0.3 is 5.69 Å². The lowest BCUT2D eigenvalue weighted by molar-refractivity contribution is -0.135. The zero-order valence-electron chi connectivity index (χ0n) is 33.2. The number of aryl methyl sites for hydroxylation is 1. The molecule has 1 aromatic carbocycles. The molecule has 15 nitrogen and oxygen atoms in total. The molecule has 2 saturated heterocycles. The Hall–Kier alpha value is -5.73. The van der Waals surface area contributed by atoms with E-state index in [1.165, 1.54) is 15.3 Å². The fourth-order valence-corrected chi connectivity index (χ4v) is 8.34. The molecule has 0 radical (unpaired) electrons. The van der Waals surface area contributed by atoms with Crippen molar-refractivity contribution >= 4 is 40.5 Å². The first-order valence-corrected chi connectivity index (χ1v) is 20.4. The highest BCUT2D eigenvalue weighted by Gasteiger charge is 2.32. The van der Waals surface area contributed by atoms with Crippen LogP contribution in [-0.4, -0.2) is 105 Å². The summed E-state index contributed by atoms with van der Waals surface area (Å²) < 4.78 is 30.5. The standard InChI is InChI=1S/C42H51F2N11O4/c1-52-37-28(7-3-9-33(37)55(42(52)59)34-14-15-35(56)51-41(34)58)8-4-18-53-19-21-54(22-20-53)25-26-10-12-29(13-11-26)48-24-32(36(46)38(43)44)50-40(57)30(23-45)39-47-17-16-31(49-39)27-5-2-6-27/h3,7,9,16-17,23-24,26-27,29,34,38H,2,5-6,10-15,18-22,25,45-46H2,1H3,(H,50,57)(H,51,56,58). The fraction of sp³-hybridized carbons (Fsp3) is 0.500. The number of rotatable bonds is 11. The van der Waals surface area contributed by atoms with Crippen molar-refractivity contribution in [2.45, 2.75) is 82.2 Å². The molecule has 2 aliphatic carbocycles. The van der Waals surface area contributed by atoms with Gasteiger partial charge in [-0.15, -0.1) is 0 Å². The van der Waals surface area contributed by atoms with E-state index < -0.39 is 30.0 Å². The van der Waals surface area contributed by atoms with Gasteiger partial charge in [0.25, 0.3) is 12.3 Å². The van der Waals surface area contributed by atoms with E-state index in [0.29, 0.717) is 35.0 Å². The third-order valence-corrected chi connectivity index (χ3v) is 12.0. The van der Waals surface area contributed by atoms with Gasteiger partial charge in [-0.25, -0.2) is 23.5 Å². The predicted octanol–water partition coefficient (Wildman–Crippen LogP) is 2.53. The van der Waals surface area contributed by atoms with Crippen LogP contribution >= 0.6 is 0 Å². The first kappa shape index (κ1) is 41.4. The molecule has 4 heterocycles. The van der Waals surface area contributed by atoms with Crippen LogP contribution < -0.4 is 27.8 Å². The highest BCUT2D eigenvalue weighted by atomic mass is 19.3. The Morgan fingerprint density at radius 1 is 1.05 bits per heavy atom. The number of imidazole rings is 1. The number of nitrogens with one attached hydrogen (secondary N) is 2. The monoisotopic (exact) mass is 811 g/mol. The normalized spacial score (nSPS) is 22.8. The number of carbonyl (C=O) groups is 3. The number of halogens is 2. The molecular formula is C42H51F2N11O4. The summed E-state index contributed by atoms with van der Waals surface area (Å²) in [6.07, 6.45) is 7.93. The van der Waals surface area contributed by atoms with Crippen LogP contribution in [0.5, 0.6) is 0 Å². The second-order valence-corrected chi connectivity index (χ2v) is 15.8. The number of piperazine rings is 1. The van der Waals surface area contributed by atoms with Crippen LogP contribution in [0.3, 0.4) is 0 Å². The molecule has 6 N–H and O–H groups in total. The molecule has 17 heteroatoms. The third kappa shape index (κ3) is 9.44. The smallest absolute Gasteiger partial charge is 0.329 e. The Labute approximate surface area is 341 Å². The number of hydrogen-bond donors (Lipinski definition) is 4. The van der Waals surface area contributed by atoms with E-state index in [2.05, 4.69) is 47.2 Å². The van der Waals surface area contributed by atoms with Gasteiger partial charge in [-0.1, -0.05) is 24.3 Å². The number of allylic oxidation sites excluding steroid dienone is 2. The van der Waals surface area contributed by atoms with Crippen molar-refractivity contribution in [3.8, 4) is 11.8 Å². The maximum absolute atomic E-state index is 13.8. The summed E-state index contributed by atoms with van der Waals surface area (Å²) in [4.78, 5) is 68.8. The summed E-state index contributed by atoms with van der Waals surface area (Å²) >= 11 is 0. The molecule has 2 aliphatic heterocycles. The summed E-state index contributed by atoms with van der Waals surface area (Å²) in [5.41, 5.74) is 12.9. The number of imide groups is 1. The van der Waals surface area contributed by atoms with Crippen molar-refractivity contribution in [2.24, 2.45) is 29.4 Å². The molecule has 0 spiro atoms. The van der Waals surface area contributed by atoms with E-state index in [1.807, 2.05) is 18.2 Å². The number of hydrogen-bond acceptors (Lipinski definition) is 11. The molecule has 7 rings (SSSR count). The van der Waals surface area contributed by atoms with Crippen molar-refractivity contribution in [2.75, 3.05) is 39.3 Å². The minimum atomic E-state index is -3.00. The van der Waals surface area contributed by atoms with Crippen molar-refractivity contribution in [1.29, 1.82) is 0 Å². The van der Waals surface area contributed by atoms with Crippen LogP contribution in [0.4, 0.5) is 8.78 Å². The zero-order valence-corrected chi connectivity index (χ0v) is 33.2. The molecule has 312 valence electrons. The Morgan fingerprint density at radius 3 is 2.47 bits per heavy atom. The minimum Gasteiger partial charge on any atom is -0.404 e. The van der Waals surface area contributed by atoms with Crippen LogP contribution in [0.1, 0.15) is 86.8 Å². The lowest BCUT2D eigenvalue weighted by atomic mass is 9.83. The van der Waals surface area contributed by atoms with Crippen molar-refractivity contribution in [3.63, 3.8) is 0 Å². The van der Waals surface area contributed by atoms with Crippen molar-refractivity contribution in [1.82, 2.24) is 39.5 Å². The van der Waals surface area contributed by atoms with E-state index >= 15 is 0 Å². The Bertz CT molecular complexity index is 2290. The molecule has 3 aromatic rings. The maximum atomic E-state index is 13.8. The summed E-state index contributed by atoms with van der Waals surface area (Å²) in [6.45, 7) is 5.10. The summed E-state index contributed by atoms with van der Waals surface area (Å²) in [5.74, 6) is 5.91. The molecule has 2 aromatic heterocycles. The van der Waals surface area contributed by atoms with Crippen LogP contribution in [0.15, 0.2) is 57.8 Å². The molecule has 4 aliphatic rings. The molecule has 2 saturated carbocycles. The first-order chi connectivity index (χ1) is 28.5. The molecule has 1 unspecified atom stereocenters. The van der Waals surface area contributed by atoms with Gasteiger partial charge in [0.05, 0.1) is 40.5 Å². The number of para-hydroxylation sites is 1. The Kier molecular flexibility index (Phi) is 13.0. The van der Waals surface area contributed by atoms with Gasteiger partial charge in [0.15, 0.2) is 5.82 Å². The Morgan fingerprint density at radius 2 is 1.80 bits per heavy atom. The van der Waals surface area contributed by atoms with Gasteiger partial charge in [0.2, 0.25) is 11.8 Å². The van der Waals surface area contributed by atoms with E-state index in [4.69, 9.17) is 11.5 Å². The number of benzene rings is 1. The van der Waals surface area contributed by atoms with Crippen LogP contribution in [-0.2, 0) is 21.4 Å². The van der Waals surface area contributed by atoms with E-state index in [-0.39, 0.29) is 47.6 Å². The van der Waals surface area contributed by atoms with E-state index in [0.717, 1.165) is 89.6 Å². The lowest BCUT2D eigenvalue weighted by Gasteiger charge is -2.37. The molecule has 3 amide bonds. The number of alkyl halides is 2. The number of carbonyl (C=O) groups excluding carboxylic acids is 3. The molecule has 1 atom stereocenters. The van der Waals surface area contributed by atoms with Gasteiger partial charge in [0.1, 0.15) is 11.7 Å². The summed E-state index contributed by atoms with van der Waals surface area (Å²) in [6, 6.07) is 6.47. The van der Waals surface area contributed by atoms with Crippen LogP contribution in [0.2, 0.25) is 0 Å². The maximum Gasteiger partial charge on any atom is 0.329 e. The highest BCUT2D eigenvalue weighted by Crippen LogP contribution is 2.35. The number of nitrogens with zero attached hydrogens (tertiary/aromatic N) is 7. The Balaban J connectivity index is 0.882. The fourth-order valence-electron chi connectivity index (χ4n) is 8.34. The number of fused-ring (bicyclic) bond motifs is 1. The topological polar surface area (TPSA) is 199 Å². The van der Waals surface area contributed by atoms with Crippen molar-refractivity contribution in [3.05, 3.63) is 75.6 Å². The van der Waals surface area contributed by atoms with Crippen LogP contribution in [0.25, 0.3) is 16.6 Å². The summed E-state index contributed by atoms with van der Waals surface area (Å²) in [7, 11) is 1.67. The number of aromatic nitrogens is 4. The SMILES string of the molecule is Cn1c(=O)n(C2CCC(=O)NC2=O)c2cccc(C#CCN3CCN(CC4CCC(N=CC(NC(=O)C(=CN)c5nccc(C6CCC6)n5)=C(N)C(F)F)CC4)CC3)c21. The second-order valence-electron chi connectivity index (χ2n) is 15.8. The lowest BCUT2D eigenvalue weighted by Crippen LogP contribution is -2.48. The zero-order chi connectivity index (χ0) is 41.6. The number of nitrogens with two attached hydrogens (primary N) is 2. The number of piperidine rings is 1. The van der Waals surface area contributed by atoms with Gasteiger partial charge < -0.3 is 21.7 Å². The number of aliphatic imine (C=N–C) groups is 1. The molecule has 59 heavy (non-hydrogen) atoms. The average molecular weight is 812 g/mol. The summed E-state index contributed by atoms with van der Waals surface area (Å²) in [5, 5.41) is 4.82. The largest absolute Gasteiger partial charge is 0.404 e. The minimum absolute atomic E-state index is 0.0446. The molecule has 0 bridgehead atoms. The van der Waals surface area contributed by atoms with E-state index in [9.17, 15) is 28.0 Å². The third-order valence-electron chi connectivity index (χ3n) is 12.0. The highest BCUT2D eigenvalue weighted by molar-refractivity contribution is 6.19. The van der Waals surface area contributed by atoms with Gasteiger partial charge in [-0.05, 0) is 69.1 Å².